The quantitative estimate of drug-likeness (QED) is 0.629. The second-order valence-corrected chi connectivity index (χ2v) is 9.54. The van der Waals surface area contributed by atoms with Gasteiger partial charge in [0.25, 0.3) is 5.91 Å². The minimum atomic E-state index is -0.581. The standard InChI is InChI=1S/C25H30FN3O3S/c1-18-3-5-19(6-4-18)24(31)29-22(17-33-25(29)20-7-9-21(26)10-8-20)23(30)27-11-2-12-28-13-15-32-16-14-28/h3-10,22,25H,2,11-17H2,1H3,(H,27,30). The minimum Gasteiger partial charge on any atom is -0.379 e. The molecular weight excluding hydrogens is 441 g/mol. The summed E-state index contributed by atoms with van der Waals surface area (Å²) < 4.78 is 18.9. The lowest BCUT2D eigenvalue weighted by molar-refractivity contribution is -0.124. The van der Waals surface area contributed by atoms with Crippen molar-refractivity contribution in [3.05, 3.63) is 71.0 Å². The summed E-state index contributed by atoms with van der Waals surface area (Å²) in [6, 6.07) is 12.9. The molecule has 2 amide bonds. The Bertz CT molecular complexity index is 948. The topological polar surface area (TPSA) is 61.9 Å². The fourth-order valence-electron chi connectivity index (χ4n) is 4.14. The number of benzene rings is 2. The number of amides is 2. The molecule has 6 nitrogen and oxygen atoms in total. The molecule has 2 fully saturated rings. The number of hydrogen-bond donors (Lipinski definition) is 1. The van der Waals surface area contributed by atoms with E-state index in [0.717, 1.165) is 50.4 Å². The molecule has 0 saturated carbocycles. The van der Waals surface area contributed by atoms with Crippen LogP contribution in [0.25, 0.3) is 0 Å². The van der Waals surface area contributed by atoms with Crippen LogP contribution in [0.2, 0.25) is 0 Å². The van der Waals surface area contributed by atoms with Gasteiger partial charge in [-0.25, -0.2) is 4.39 Å². The van der Waals surface area contributed by atoms with Gasteiger partial charge in [-0.3, -0.25) is 14.5 Å². The number of halogens is 1. The third-order valence-corrected chi connectivity index (χ3v) is 7.37. The lowest BCUT2D eigenvalue weighted by Gasteiger charge is -2.29. The van der Waals surface area contributed by atoms with Crippen molar-refractivity contribution >= 4 is 23.6 Å². The van der Waals surface area contributed by atoms with Gasteiger partial charge in [0, 0.05) is 31.0 Å². The van der Waals surface area contributed by atoms with Gasteiger partial charge < -0.3 is 15.0 Å². The van der Waals surface area contributed by atoms with Crippen LogP contribution < -0.4 is 5.32 Å². The summed E-state index contributed by atoms with van der Waals surface area (Å²) in [5.41, 5.74) is 2.41. The SMILES string of the molecule is Cc1ccc(C(=O)N2C(C(=O)NCCCN3CCOCC3)CSC2c2ccc(F)cc2)cc1. The number of thioether (sulfide) groups is 1. The molecule has 2 aromatic carbocycles. The number of morpholine rings is 1. The number of carbonyl (C=O) groups excluding carboxylic acids is 2. The van der Waals surface area contributed by atoms with Gasteiger partial charge in [-0.1, -0.05) is 29.8 Å². The van der Waals surface area contributed by atoms with Crippen molar-refractivity contribution in [3.8, 4) is 0 Å². The maximum absolute atomic E-state index is 13.5. The van der Waals surface area contributed by atoms with Gasteiger partial charge in [-0.15, -0.1) is 11.8 Å². The van der Waals surface area contributed by atoms with Crippen LogP contribution in [-0.4, -0.2) is 72.8 Å². The van der Waals surface area contributed by atoms with E-state index < -0.39 is 6.04 Å². The first-order valence-electron chi connectivity index (χ1n) is 11.4. The zero-order chi connectivity index (χ0) is 23.2. The molecule has 2 aromatic rings. The average Bonchev–Trinajstić information content (AvgIpc) is 3.28. The van der Waals surface area contributed by atoms with E-state index >= 15 is 0 Å². The van der Waals surface area contributed by atoms with Crippen LogP contribution in [0.5, 0.6) is 0 Å². The second-order valence-electron chi connectivity index (χ2n) is 8.43. The average molecular weight is 472 g/mol. The highest BCUT2D eigenvalue weighted by Gasteiger charge is 2.42. The summed E-state index contributed by atoms with van der Waals surface area (Å²) in [5.74, 6) is -0.167. The molecule has 2 unspecified atom stereocenters. The maximum atomic E-state index is 13.5. The Morgan fingerprint density at radius 1 is 1.09 bits per heavy atom. The lowest BCUT2D eigenvalue weighted by atomic mass is 10.1. The zero-order valence-corrected chi connectivity index (χ0v) is 19.7. The van der Waals surface area contributed by atoms with Crippen LogP contribution in [0.1, 0.15) is 33.3 Å². The number of ether oxygens (including phenoxy) is 1. The normalized spacial score (nSPS) is 21.2. The summed E-state index contributed by atoms with van der Waals surface area (Å²) in [6.45, 7) is 6.79. The van der Waals surface area contributed by atoms with Crippen molar-refractivity contribution in [3.63, 3.8) is 0 Å². The van der Waals surface area contributed by atoms with Crippen molar-refractivity contribution in [2.45, 2.75) is 24.8 Å². The van der Waals surface area contributed by atoms with Gasteiger partial charge >= 0.3 is 0 Å². The van der Waals surface area contributed by atoms with Crippen molar-refractivity contribution in [1.29, 1.82) is 0 Å². The number of aryl methyl sites for hydroxylation is 1. The van der Waals surface area contributed by atoms with Crippen LogP contribution in [0.3, 0.4) is 0 Å². The smallest absolute Gasteiger partial charge is 0.255 e. The van der Waals surface area contributed by atoms with E-state index in [-0.39, 0.29) is 23.0 Å². The van der Waals surface area contributed by atoms with Gasteiger partial charge in [-0.2, -0.15) is 0 Å². The largest absolute Gasteiger partial charge is 0.379 e. The van der Waals surface area contributed by atoms with E-state index in [9.17, 15) is 14.0 Å². The van der Waals surface area contributed by atoms with Crippen LogP contribution in [-0.2, 0) is 9.53 Å². The molecule has 2 saturated heterocycles. The number of nitrogens with zero attached hydrogens (tertiary/aromatic N) is 2. The molecule has 33 heavy (non-hydrogen) atoms. The highest BCUT2D eigenvalue weighted by Crippen LogP contribution is 2.42. The zero-order valence-electron chi connectivity index (χ0n) is 18.8. The van der Waals surface area contributed by atoms with Gasteiger partial charge in [0.1, 0.15) is 17.2 Å². The molecule has 2 atom stereocenters. The van der Waals surface area contributed by atoms with Gasteiger partial charge in [0.15, 0.2) is 0 Å². The fourth-order valence-corrected chi connectivity index (χ4v) is 5.57. The molecular formula is C25H30FN3O3S. The monoisotopic (exact) mass is 471 g/mol. The van der Waals surface area contributed by atoms with Crippen molar-refractivity contribution in [2.75, 3.05) is 45.1 Å². The first-order valence-corrected chi connectivity index (χ1v) is 12.4. The Kier molecular flexibility index (Phi) is 8.01. The molecule has 0 aromatic heterocycles. The van der Waals surface area contributed by atoms with Crippen LogP contribution >= 0.6 is 11.8 Å². The summed E-state index contributed by atoms with van der Waals surface area (Å²) in [7, 11) is 0. The first kappa shape index (κ1) is 23.7. The first-order chi connectivity index (χ1) is 16.0. The van der Waals surface area contributed by atoms with E-state index in [4.69, 9.17) is 4.74 Å². The number of hydrogen-bond acceptors (Lipinski definition) is 5. The molecule has 176 valence electrons. The number of carbonyl (C=O) groups is 2. The minimum absolute atomic E-state index is 0.144. The molecule has 0 spiro atoms. The predicted octanol–water partition coefficient (Wildman–Crippen LogP) is 3.23. The van der Waals surface area contributed by atoms with E-state index in [1.165, 1.54) is 23.9 Å². The molecule has 8 heteroatoms. The van der Waals surface area contributed by atoms with Crippen molar-refractivity contribution in [1.82, 2.24) is 15.1 Å². The predicted molar refractivity (Wildman–Crippen MR) is 128 cm³/mol. The Morgan fingerprint density at radius 2 is 1.79 bits per heavy atom. The summed E-state index contributed by atoms with van der Waals surface area (Å²) >= 11 is 1.53. The van der Waals surface area contributed by atoms with Crippen molar-refractivity contribution < 1.29 is 18.7 Å². The molecule has 0 aliphatic carbocycles. The Morgan fingerprint density at radius 3 is 2.48 bits per heavy atom. The molecule has 0 bridgehead atoms. The Labute approximate surface area is 198 Å². The second kappa shape index (κ2) is 11.1. The van der Waals surface area contributed by atoms with Crippen LogP contribution in [0.15, 0.2) is 48.5 Å². The highest BCUT2D eigenvalue weighted by molar-refractivity contribution is 7.99. The molecule has 1 N–H and O–H groups in total. The van der Waals surface area contributed by atoms with Gasteiger partial charge in [0.05, 0.1) is 13.2 Å². The van der Waals surface area contributed by atoms with Crippen LogP contribution in [0.4, 0.5) is 4.39 Å². The van der Waals surface area contributed by atoms with E-state index in [1.54, 1.807) is 29.2 Å². The molecule has 2 aliphatic heterocycles. The number of rotatable bonds is 7. The third-order valence-electron chi connectivity index (χ3n) is 6.05. The van der Waals surface area contributed by atoms with Gasteiger partial charge in [0.2, 0.25) is 5.91 Å². The summed E-state index contributed by atoms with van der Waals surface area (Å²) in [5, 5.41) is 2.68. The Hall–Kier alpha value is -2.42. The maximum Gasteiger partial charge on any atom is 0.255 e. The summed E-state index contributed by atoms with van der Waals surface area (Å²) in [4.78, 5) is 30.6. The summed E-state index contributed by atoms with van der Waals surface area (Å²) in [6.07, 6.45) is 0.846. The van der Waals surface area contributed by atoms with E-state index in [1.807, 2.05) is 19.1 Å². The lowest BCUT2D eigenvalue weighted by Crippen LogP contribution is -2.48. The Balaban J connectivity index is 1.45. The molecule has 2 heterocycles. The molecule has 2 aliphatic rings. The number of nitrogens with one attached hydrogen (secondary N) is 1. The third kappa shape index (κ3) is 5.93. The highest BCUT2D eigenvalue weighted by atomic mass is 32.2. The van der Waals surface area contributed by atoms with E-state index in [2.05, 4.69) is 10.2 Å². The fraction of sp³-hybridized carbons (Fsp3) is 0.440. The van der Waals surface area contributed by atoms with Gasteiger partial charge in [-0.05, 0) is 49.7 Å². The molecule has 4 rings (SSSR count). The molecule has 0 radical (unpaired) electrons. The van der Waals surface area contributed by atoms with E-state index in [0.29, 0.717) is 17.9 Å². The van der Waals surface area contributed by atoms with Crippen molar-refractivity contribution in [2.24, 2.45) is 0 Å². The van der Waals surface area contributed by atoms with Crippen LogP contribution in [0, 0.1) is 12.7 Å².